The quantitative estimate of drug-likeness (QED) is 0.663. The van der Waals surface area contributed by atoms with Crippen LogP contribution in [0.15, 0.2) is 43.0 Å². The van der Waals surface area contributed by atoms with Crippen molar-refractivity contribution in [2.75, 3.05) is 0 Å². The van der Waals surface area contributed by atoms with Crippen molar-refractivity contribution < 1.29 is 0 Å². The zero-order valence-electron chi connectivity index (χ0n) is 8.72. The third kappa shape index (κ3) is 1.17. The van der Waals surface area contributed by atoms with Crippen molar-refractivity contribution in [2.45, 2.75) is 5.41 Å². The standard InChI is InChI=1S/C14H10N2/c1-2-12-8-7-11-5-3-4-6-13(11)14(12,9-15)10-16/h2-8,12H,1H2. The molecule has 2 rings (SSSR count). The molecular weight excluding hydrogens is 196 g/mol. The highest BCUT2D eigenvalue weighted by Gasteiger charge is 2.41. The van der Waals surface area contributed by atoms with Crippen molar-refractivity contribution in [2.24, 2.45) is 5.92 Å². The molecule has 1 aliphatic rings. The van der Waals surface area contributed by atoms with Crippen LogP contribution in [0.25, 0.3) is 6.08 Å². The van der Waals surface area contributed by atoms with E-state index in [1.165, 1.54) is 0 Å². The van der Waals surface area contributed by atoms with Gasteiger partial charge in [0, 0.05) is 5.92 Å². The maximum Gasteiger partial charge on any atom is 0.178 e. The largest absolute Gasteiger partial charge is 0.196 e. The molecule has 0 bridgehead atoms. The Morgan fingerprint density at radius 3 is 2.56 bits per heavy atom. The van der Waals surface area contributed by atoms with Crippen molar-refractivity contribution in [1.82, 2.24) is 0 Å². The summed E-state index contributed by atoms with van der Waals surface area (Å²) in [4.78, 5) is 0. The molecule has 0 saturated heterocycles. The van der Waals surface area contributed by atoms with Crippen LogP contribution in [0.3, 0.4) is 0 Å². The Bertz CT molecular complexity index is 527. The predicted octanol–water partition coefficient (Wildman–Crippen LogP) is 2.80. The van der Waals surface area contributed by atoms with Crippen molar-refractivity contribution in [1.29, 1.82) is 10.5 Å². The lowest BCUT2D eigenvalue weighted by Gasteiger charge is -2.29. The Balaban J connectivity index is 2.75. The van der Waals surface area contributed by atoms with E-state index in [0.29, 0.717) is 0 Å². The summed E-state index contributed by atoms with van der Waals surface area (Å²) in [7, 11) is 0. The molecule has 0 spiro atoms. The number of rotatable bonds is 1. The van der Waals surface area contributed by atoms with Crippen molar-refractivity contribution in [3.8, 4) is 12.1 Å². The van der Waals surface area contributed by atoms with Crippen LogP contribution in [0, 0.1) is 28.6 Å². The third-order valence-electron chi connectivity index (χ3n) is 2.98. The minimum atomic E-state index is -1.13. The first kappa shape index (κ1) is 10.2. The van der Waals surface area contributed by atoms with Crippen LogP contribution in [0.5, 0.6) is 0 Å². The fraction of sp³-hybridized carbons (Fsp3) is 0.143. The monoisotopic (exact) mass is 206 g/mol. The highest BCUT2D eigenvalue weighted by atomic mass is 14.5. The van der Waals surface area contributed by atoms with Crippen LogP contribution in [0.4, 0.5) is 0 Å². The molecular formula is C14H10N2. The van der Waals surface area contributed by atoms with Gasteiger partial charge in [0.25, 0.3) is 0 Å². The van der Waals surface area contributed by atoms with E-state index < -0.39 is 5.41 Å². The second-order valence-electron chi connectivity index (χ2n) is 3.74. The Morgan fingerprint density at radius 2 is 1.94 bits per heavy atom. The molecule has 1 unspecified atom stereocenters. The summed E-state index contributed by atoms with van der Waals surface area (Å²) < 4.78 is 0. The third-order valence-corrected chi connectivity index (χ3v) is 2.98. The van der Waals surface area contributed by atoms with E-state index in [4.69, 9.17) is 0 Å². The smallest absolute Gasteiger partial charge is 0.178 e. The predicted molar refractivity (Wildman–Crippen MR) is 62.1 cm³/mol. The second-order valence-corrected chi connectivity index (χ2v) is 3.74. The average molecular weight is 206 g/mol. The molecule has 0 radical (unpaired) electrons. The summed E-state index contributed by atoms with van der Waals surface area (Å²) >= 11 is 0. The Hall–Kier alpha value is -2.32. The molecule has 1 aliphatic carbocycles. The van der Waals surface area contributed by atoms with Crippen LogP contribution in [0.2, 0.25) is 0 Å². The molecule has 0 heterocycles. The maximum atomic E-state index is 9.34. The number of hydrogen-bond acceptors (Lipinski definition) is 2. The molecule has 0 aliphatic heterocycles. The van der Waals surface area contributed by atoms with Crippen LogP contribution < -0.4 is 0 Å². The van der Waals surface area contributed by atoms with Gasteiger partial charge in [-0.05, 0) is 11.1 Å². The molecule has 1 aromatic carbocycles. The number of nitrogens with zero attached hydrogens (tertiary/aromatic N) is 2. The van der Waals surface area contributed by atoms with E-state index in [-0.39, 0.29) is 5.92 Å². The summed E-state index contributed by atoms with van der Waals surface area (Å²) in [5.74, 6) is -0.252. The van der Waals surface area contributed by atoms with Gasteiger partial charge in [-0.15, -0.1) is 6.58 Å². The van der Waals surface area contributed by atoms with Gasteiger partial charge in [-0.2, -0.15) is 10.5 Å². The Kier molecular flexibility index (Phi) is 2.35. The molecule has 0 amide bonds. The minimum absolute atomic E-state index is 0.252. The van der Waals surface area contributed by atoms with Crippen molar-refractivity contribution >= 4 is 6.08 Å². The van der Waals surface area contributed by atoms with Gasteiger partial charge >= 0.3 is 0 Å². The Labute approximate surface area is 94.8 Å². The van der Waals surface area contributed by atoms with Crippen LogP contribution in [-0.2, 0) is 5.41 Å². The molecule has 0 aromatic heterocycles. The fourth-order valence-electron chi connectivity index (χ4n) is 2.08. The van der Waals surface area contributed by atoms with Gasteiger partial charge in [-0.25, -0.2) is 0 Å². The van der Waals surface area contributed by atoms with Gasteiger partial charge in [0.1, 0.15) is 0 Å². The zero-order chi connectivity index (χ0) is 11.6. The lowest BCUT2D eigenvalue weighted by Crippen LogP contribution is -2.32. The number of fused-ring (bicyclic) bond motifs is 1. The van der Waals surface area contributed by atoms with E-state index >= 15 is 0 Å². The molecule has 2 heteroatoms. The number of allylic oxidation sites excluding steroid dienone is 2. The second kappa shape index (κ2) is 3.68. The first-order chi connectivity index (χ1) is 7.78. The van der Waals surface area contributed by atoms with Crippen LogP contribution in [-0.4, -0.2) is 0 Å². The topological polar surface area (TPSA) is 47.6 Å². The van der Waals surface area contributed by atoms with E-state index in [0.717, 1.165) is 11.1 Å². The van der Waals surface area contributed by atoms with E-state index in [1.54, 1.807) is 6.08 Å². The highest BCUT2D eigenvalue weighted by Crippen LogP contribution is 2.39. The molecule has 76 valence electrons. The summed E-state index contributed by atoms with van der Waals surface area (Å²) in [5.41, 5.74) is 0.573. The summed E-state index contributed by atoms with van der Waals surface area (Å²) in [6, 6.07) is 11.8. The minimum Gasteiger partial charge on any atom is -0.196 e. The first-order valence-electron chi connectivity index (χ1n) is 5.01. The van der Waals surface area contributed by atoms with Crippen molar-refractivity contribution in [3.05, 3.63) is 54.1 Å². The van der Waals surface area contributed by atoms with Crippen LogP contribution >= 0.6 is 0 Å². The Morgan fingerprint density at radius 1 is 1.25 bits per heavy atom. The lowest BCUT2D eigenvalue weighted by atomic mass is 9.68. The fourth-order valence-corrected chi connectivity index (χ4v) is 2.08. The molecule has 1 aromatic rings. The highest BCUT2D eigenvalue weighted by molar-refractivity contribution is 5.65. The van der Waals surface area contributed by atoms with Gasteiger partial charge in [0.05, 0.1) is 12.1 Å². The lowest BCUT2D eigenvalue weighted by molar-refractivity contribution is 0.586. The first-order valence-corrected chi connectivity index (χ1v) is 5.01. The number of hydrogen-bond donors (Lipinski definition) is 0. The van der Waals surface area contributed by atoms with Crippen molar-refractivity contribution in [3.63, 3.8) is 0 Å². The van der Waals surface area contributed by atoms with E-state index in [9.17, 15) is 10.5 Å². The molecule has 0 fully saturated rings. The van der Waals surface area contributed by atoms with E-state index in [2.05, 4.69) is 18.7 Å². The zero-order valence-corrected chi connectivity index (χ0v) is 8.72. The molecule has 0 saturated carbocycles. The molecule has 2 nitrogen and oxygen atoms in total. The van der Waals surface area contributed by atoms with Gasteiger partial charge in [0.15, 0.2) is 5.41 Å². The van der Waals surface area contributed by atoms with Gasteiger partial charge in [-0.1, -0.05) is 42.5 Å². The van der Waals surface area contributed by atoms with Gasteiger partial charge in [-0.3, -0.25) is 0 Å². The van der Waals surface area contributed by atoms with Gasteiger partial charge in [0.2, 0.25) is 0 Å². The van der Waals surface area contributed by atoms with Gasteiger partial charge < -0.3 is 0 Å². The van der Waals surface area contributed by atoms with Crippen LogP contribution in [0.1, 0.15) is 11.1 Å². The van der Waals surface area contributed by atoms with E-state index in [1.807, 2.05) is 36.4 Å². The average Bonchev–Trinajstić information content (AvgIpc) is 2.37. The number of benzene rings is 1. The summed E-state index contributed by atoms with van der Waals surface area (Å²) in [6.45, 7) is 3.69. The normalized spacial score (nSPS) is 20.2. The summed E-state index contributed by atoms with van der Waals surface area (Å²) in [6.07, 6.45) is 5.45. The molecule has 16 heavy (non-hydrogen) atoms. The molecule has 1 atom stereocenters. The summed E-state index contributed by atoms with van der Waals surface area (Å²) in [5, 5.41) is 18.7. The number of nitriles is 2. The maximum absolute atomic E-state index is 9.34. The SMILES string of the molecule is C=CC1C=Cc2ccccc2C1(C#N)C#N. The molecule has 0 N–H and O–H groups in total.